The van der Waals surface area contributed by atoms with Gasteiger partial charge in [0.15, 0.2) is 0 Å². The van der Waals surface area contributed by atoms with E-state index in [2.05, 4.69) is 15.3 Å². The quantitative estimate of drug-likeness (QED) is 0.734. The lowest BCUT2D eigenvalue weighted by atomic mass is 10.4. The Labute approximate surface area is 87.9 Å². The number of ether oxygens (including phenoxy) is 1. The SMILES string of the molecule is COc1cc(C)nc(NC(=O)CCN)n1. The van der Waals surface area contributed by atoms with Crippen LogP contribution in [0.15, 0.2) is 6.07 Å². The number of methoxy groups -OCH3 is 1. The summed E-state index contributed by atoms with van der Waals surface area (Å²) in [4.78, 5) is 19.2. The Morgan fingerprint density at radius 2 is 2.33 bits per heavy atom. The first-order valence-corrected chi connectivity index (χ1v) is 4.55. The van der Waals surface area contributed by atoms with Gasteiger partial charge < -0.3 is 10.5 Å². The van der Waals surface area contributed by atoms with Gasteiger partial charge in [0.25, 0.3) is 0 Å². The van der Waals surface area contributed by atoms with Crippen molar-refractivity contribution in [1.29, 1.82) is 0 Å². The van der Waals surface area contributed by atoms with Crippen LogP contribution in [0.3, 0.4) is 0 Å². The molecule has 0 saturated heterocycles. The second kappa shape index (κ2) is 5.26. The third kappa shape index (κ3) is 3.51. The molecule has 0 aliphatic rings. The summed E-state index contributed by atoms with van der Waals surface area (Å²) in [5.41, 5.74) is 5.97. The van der Waals surface area contributed by atoms with E-state index < -0.39 is 0 Å². The van der Waals surface area contributed by atoms with Crippen LogP contribution < -0.4 is 15.8 Å². The summed E-state index contributed by atoms with van der Waals surface area (Å²) in [6, 6.07) is 1.68. The first-order valence-electron chi connectivity index (χ1n) is 4.55. The number of nitrogens with two attached hydrogens (primary N) is 1. The Bertz CT molecular complexity index is 354. The molecule has 0 radical (unpaired) electrons. The van der Waals surface area contributed by atoms with Gasteiger partial charge in [0.2, 0.25) is 17.7 Å². The number of aryl methyl sites for hydroxylation is 1. The van der Waals surface area contributed by atoms with Crippen LogP contribution in [0.1, 0.15) is 12.1 Å². The molecule has 0 fully saturated rings. The van der Waals surface area contributed by atoms with E-state index >= 15 is 0 Å². The van der Waals surface area contributed by atoms with Crippen LogP contribution in [-0.4, -0.2) is 29.5 Å². The molecule has 0 bridgehead atoms. The van der Waals surface area contributed by atoms with Gasteiger partial charge in [-0.1, -0.05) is 0 Å². The maximum Gasteiger partial charge on any atom is 0.232 e. The second-order valence-corrected chi connectivity index (χ2v) is 2.96. The second-order valence-electron chi connectivity index (χ2n) is 2.96. The number of hydrogen-bond donors (Lipinski definition) is 2. The molecule has 0 unspecified atom stereocenters. The minimum atomic E-state index is -0.204. The van der Waals surface area contributed by atoms with E-state index in [0.717, 1.165) is 5.69 Å². The molecule has 0 atom stereocenters. The fourth-order valence-corrected chi connectivity index (χ4v) is 1.02. The van der Waals surface area contributed by atoms with Crippen LogP contribution in [0.25, 0.3) is 0 Å². The van der Waals surface area contributed by atoms with Gasteiger partial charge in [-0.25, -0.2) is 4.98 Å². The lowest BCUT2D eigenvalue weighted by Crippen LogP contribution is -2.18. The molecule has 0 aromatic carbocycles. The zero-order valence-corrected chi connectivity index (χ0v) is 8.78. The number of nitrogens with one attached hydrogen (secondary N) is 1. The van der Waals surface area contributed by atoms with Gasteiger partial charge in [-0.3, -0.25) is 10.1 Å². The zero-order chi connectivity index (χ0) is 11.3. The molecule has 1 aromatic heterocycles. The van der Waals surface area contributed by atoms with Crippen molar-refractivity contribution in [3.8, 4) is 5.88 Å². The monoisotopic (exact) mass is 210 g/mol. The van der Waals surface area contributed by atoms with Crippen molar-refractivity contribution in [3.63, 3.8) is 0 Å². The van der Waals surface area contributed by atoms with Crippen molar-refractivity contribution in [1.82, 2.24) is 9.97 Å². The molecule has 0 saturated carbocycles. The molecule has 1 amide bonds. The molecule has 0 aliphatic heterocycles. The molecule has 15 heavy (non-hydrogen) atoms. The van der Waals surface area contributed by atoms with Gasteiger partial charge in [0.1, 0.15) is 0 Å². The summed E-state index contributed by atoms with van der Waals surface area (Å²) in [5.74, 6) is 0.459. The van der Waals surface area contributed by atoms with Crippen molar-refractivity contribution >= 4 is 11.9 Å². The largest absolute Gasteiger partial charge is 0.481 e. The Morgan fingerprint density at radius 1 is 1.60 bits per heavy atom. The average Bonchev–Trinajstić information content (AvgIpc) is 2.17. The summed E-state index contributed by atoms with van der Waals surface area (Å²) in [5, 5.41) is 2.54. The molecule has 3 N–H and O–H groups in total. The highest BCUT2D eigenvalue weighted by Gasteiger charge is 2.05. The third-order valence-corrected chi connectivity index (χ3v) is 1.66. The van der Waals surface area contributed by atoms with E-state index in [1.54, 1.807) is 13.0 Å². The Morgan fingerprint density at radius 3 is 2.93 bits per heavy atom. The van der Waals surface area contributed by atoms with Crippen molar-refractivity contribution in [2.24, 2.45) is 5.73 Å². The van der Waals surface area contributed by atoms with E-state index in [0.29, 0.717) is 12.4 Å². The Balaban J connectivity index is 2.76. The molecule has 6 nitrogen and oxygen atoms in total. The van der Waals surface area contributed by atoms with Gasteiger partial charge in [-0.05, 0) is 6.92 Å². The number of carbonyl (C=O) groups excluding carboxylic acids is 1. The maximum atomic E-state index is 11.2. The summed E-state index contributed by atoms with van der Waals surface area (Å²) in [7, 11) is 1.51. The van der Waals surface area contributed by atoms with Gasteiger partial charge in [-0.2, -0.15) is 4.98 Å². The lowest BCUT2D eigenvalue weighted by molar-refractivity contribution is -0.116. The van der Waals surface area contributed by atoms with Gasteiger partial charge in [0.05, 0.1) is 7.11 Å². The van der Waals surface area contributed by atoms with Crippen LogP contribution in [0, 0.1) is 6.92 Å². The normalized spacial score (nSPS) is 9.80. The first kappa shape index (κ1) is 11.4. The molecule has 1 aromatic rings. The van der Waals surface area contributed by atoms with Crippen LogP contribution in [-0.2, 0) is 4.79 Å². The summed E-state index contributed by atoms with van der Waals surface area (Å²) in [6.45, 7) is 2.09. The topological polar surface area (TPSA) is 90.1 Å². The van der Waals surface area contributed by atoms with E-state index in [9.17, 15) is 4.79 Å². The van der Waals surface area contributed by atoms with Crippen LogP contribution >= 0.6 is 0 Å². The van der Waals surface area contributed by atoms with Crippen molar-refractivity contribution in [2.45, 2.75) is 13.3 Å². The molecule has 6 heteroatoms. The number of nitrogens with zero attached hydrogens (tertiary/aromatic N) is 2. The molecular weight excluding hydrogens is 196 g/mol. The smallest absolute Gasteiger partial charge is 0.232 e. The summed E-state index contributed by atoms with van der Waals surface area (Å²) < 4.78 is 4.95. The van der Waals surface area contributed by atoms with E-state index in [4.69, 9.17) is 10.5 Å². The number of amides is 1. The fourth-order valence-electron chi connectivity index (χ4n) is 1.02. The predicted octanol–water partition coefficient (Wildman–Crippen LogP) is 0.0809. The zero-order valence-electron chi connectivity index (χ0n) is 8.78. The van der Waals surface area contributed by atoms with E-state index in [1.165, 1.54) is 7.11 Å². The maximum absolute atomic E-state index is 11.2. The molecular formula is C9H14N4O2. The van der Waals surface area contributed by atoms with Crippen LogP contribution in [0.2, 0.25) is 0 Å². The number of aromatic nitrogens is 2. The summed E-state index contributed by atoms with van der Waals surface area (Å²) in [6.07, 6.45) is 0.250. The van der Waals surface area contributed by atoms with Gasteiger partial charge in [0, 0.05) is 24.7 Å². The number of carbonyl (C=O) groups is 1. The number of rotatable bonds is 4. The predicted molar refractivity (Wildman–Crippen MR) is 55.6 cm³/mol. The lowest BCUT2D eigenvalue weighted by Gasteiger charge is -2.05. The first-order chi connectivity index (χ1) is 7.15. The van der Waals surface area contributed by atoms with Gasteiger partial charge >= 0.3 is 0 Å². The van der Waals surface area contributed by atoms with E-state index in [1.807, 2.05) is 0 Å². The number of hydrogen-bond acceptors (Lipinski definition) is 5. The van der Waals surface area contributed by atoms with Crippen LogP contribution in [0.5, 0.6) is 5.88 Å². The minimum absolute atomic E-state index is 0.204. The van der Waals surface area contributed by atoms with Gasteiger partial charge in [-0.15, -0.1) is 0 Å². The molecule has 0 spiro atoms. The van der Waals surface area contributed by atoms with Crippen molar-refractivity contribution < 1.29 is 9.53 Å². The molecule has 1 rings (SSSR count). The Hall–Kier alpha value is -1.69. The molecule has 1 heterocycles. The average molecular weight is 210 g/mol. The molecule has 82 valence electrons. The summed E-state index contributed by atoms with van der Waals surface area (Å²) >= 11 is 0. The third-order valence-electron chi connectivity index (χ3n) is 1.66. The number of anilines is 1. The van der Waals surface area contributed by atoms with Crippen molar-refractivity contribution in [3.05, 3.63) is 11.8 Å². The highest BCUT2D eigenvalue weighted by molar-refractivity contribution is 5.89. The Kier molecular flexibility index (Phi) is 3.99. The molecule has 0 aliphatic carbocycles. The fraction of sp³-hybridized carbons (Fsp3) is 0.444. The minimum Gasteiger partial charge on any atom is -0.481 e. The van der Waals surface area contributed by atoms with Crippen molar-refractivity contribution in [2.75, 3.05) is 19.0 Å². The van der Waals surface area contributed by atoms with Crippen LogP contribution in [0.4, 0.5) is 5.95 Å². The highest BCUT2D eigenvalue weighted by atomic mass is 16.5. The standard InChI is InChI=1S/C9H14N4O2/c1-6-5-8(15-2)13-9(11-6)12-7(14)3-4-10/h5H,3-4,10H2,1-2H3,(H,11,12,13,14). The van der Waals surface area contributed by atoms with E-state index in [-0.39, 0.29) is 18.3 Å². The highest BCUT2D eigenvalue weighted by Crippen LogP contribution is 2.10.